The highest BCUT2D eigenvalue weighted by atomic mass is 31.3. The minimum Gasteiger partial charge on any atom is -0.413 e. The fraction of sp³-hybridized carbons (Fsp3) is 0. The summed E-state index contributed by atoms with van der Waals surface area (Å²) >= 11 is 0. The van der Waals surface area contributed by atoms with Crippen LogP contribution in [0.25, 0.3) is 0 Å². The summed E-state index contributed by atoms with van der Waals surface area (Å²) in [5, 5.41) is 0. The third-order valence-corrected chi connectivity index (χ3v) is 18.1. The second kappa shape index (κ2) is 18.3. The van der Waals surface area contributed by atoms with E-state index in [-0.39, 0.29) is 51.6 Å². The lowest BCUT2D eigenvalue weighted by atomic mass is 10.3. The topological polar surface area (TPSA) is 205 Å². The minimum atomic E-state index is -4.39. The van der Waals surface area contributed by atoms with Gasteiger partial charge in [-0.05, 0) is 109 Å². The first-order chi connectivity index (χ1) is 33.5. The standard InChI is InChI=1S/C48H33N6O12P3/c55-43-28-29-44(56)52(43)34-16-22-40(23-17-34)64-67(61-37-10-4-1-5-11-37)49-68(62-38-12-6-2-7-13-38,65-41-24-18-35(19-25-41)53-45(57)30-31-46(53)58)51-69(50-67,63-39-14-8-3-9-15-39)66-42-26-20-36(21-27-42)54-47(59)32-33-48(54)60/h1-33H. The first-order valence-electron chi connectivity index (χ1n) is 20.7. The van der Waals surface area contributed by atoms with E-state index in [0.29, 0.717) is 0 Å². The Morgan fingerprint density at radius 3 is 0.652 bits per heavy atom. The van der Waals surface area contributed by atoms with Gasteiger partial charge in [0.15, 0.2) is 0 Å². The molecule has 0 unspecified atom stereocenters. The Bertz CT molecular complexity index is 2910. The van der Waals surface area contributed by atoms with E-state index >= 15 is 0 Å². The normalized spacial score (nSPS) is 21.5. The fourth-order valence-electron chi connectivity index (χ4n) is 6.96. The molecule has 21 heteroatoms. The van der Waals surface area contributed by atoms with Gasteiger partial charge in [-0.2, -0.15) is 0 Å². The van der Waals surface area contributed by atoms with E-state index in [9.17, 15) is 28.8 Å². The third kappa shape index (κ3) is 9.40. The average Bonchev–Trinajstić information content (AvgIpc) is 3.99. The summed E-state index contributed by atoms with van der Waals surface area (Å²) in [7, 11) is -13.2. The van der Waals surface area contributed by atoms with Crippen LogP contribution in [-0.2, 0) is 28.8 Å². The van der Waals surface area contributed by atoms with Gasteiger partial charge >= 0.3 is 23.0 Å². The van der Waals surface area contributed by atoms with Crippen molar-refractivity contribution in [3.8, 4) is 34.5 Å². The lowest BCUT2D eigenvalue weighted by Gasteiger charge is -2.33. The number of nitrogens with zero attached hydrogens (tertiary/aromatic N) is 6. The molecule has 4 heterocycles. The molecule has 4 aliphatic rings. The van der Waals surface area contributed by atoms with Gasteiger partial charge in [-0.3, -0.25) is 28.8 Å². The summed E-state index contributed by atoms with van der Waals surface area (Å²) < 4.78 is 56.5. The molecule has 0 spiro atoms. The van der Waals surface area contributed by atoms with Crippen LogP contribution in [0.1, 0.15) is 0 Å². The zero-order valence-corrected chi connectivity index (χ0v) is 38.2. The number of rotatable bonds is 15. The highest BCUT2D eigenvalue weighted by molar-refractivity contribution is 7.79. The maximum Gasteiger partial charge on any atom is 0.460 e. The van der Waals surface area contributed by atoms with E-state index in [1.165, 1.54) is 109 Å². The number of hydrogen-bond donors (Lipinski definition) is 0. The molecule has 342 valence electrons. The highest BCUT2D eigenvalue weighted by Gasteiger charge is 2.49. The van der Waals surface area contributed by atoms with E-state index in [0.717, 1.165) is 14.7 Å². The molecular weight excluding hydrogens is 945 g/mol. The van der Waals surface area contributed by atoms with Crippen molar-refractivity contribution in [2.24, 2.45) is 13.5 Å². The zero-order valence-electron chi connectivity index (χ0n) is 35.5. The number of hydrogen-bond acceptors (Lipinski definition) is 15. The first-order valence-corrected chi connectivity index (χ1v) is 25.3. The smallest absolute Gasteiger partial charge is 0.413 e. The van der Waals surface area contributed by atoms with E-state index < -0.39 is 58.4 Å². The summed E-state index contributed by atoms with van der Waals surface area (Å²) in [6, 6.07) is 43.7. The molecule has 0 atom stereocenters. The zero-order chi connectivity index (χ0) is 47.6. The maximum atomic E-state index is 12.6. The van der Waals surface area contributed by atoms with E-state index in [1.54, 1.807) is 91.0 Å². The summed E-state index contributed by atoms with van der Waals surface area (Å²) in [6.45, 7) is 0. The third-order valence-electron chi connectivity index (χ3n) is 9.97. The van der Waals surface area contributed by atoms with Gasteiger partial charge in [-0.25, -0.2) is 14.7 Å². The van der Waals surface area contributed by atoms with Crippen LogP contribution in [0.2, 0.25) is 0 Å². The fourth-order valence-corrected chi connectivity index (χ4v) is 16.0. The number of anilines is 3. The molecule has 6 aromatic rings. The molecule has 0 saturated heterocycles. The molecule has 0 saturated carbocycles. The van der Waals surface area contributed by atoms with Crippen LogP contribution in [0, 0.1) is 0 Å². The van der Waals surface area contributed by atoms with Crippen molar-refractivity contribution in [1.82, 2.24) is 0 Å². The number of amides is 6. The van der Waals surface area contributed by atoms with Gasteiger partial charge in [0.05, 0.1) is 17.1 Å². The second-order valence-corrected chi connectivity index (χ2v) is 20.9. The number of carbonyl (C=O) groups is 6. The lowest BCUT2D eigenvalue weighted by Crippen LogP contribution is -2.29. The van der Waals surface area contributed by atoms with Crippen LogP contribution in [0.4, 0.5) is 17.1 Å². The molecular formula is C48H33N6O12P3. The number of para-hydroxylation sites is 3. The molecule has 0 N–H and O–H groups in total. The van der Waals surface area contributed by atoms with Crippen molar-refractivity contribution in [1.29, 1.82) is 0 Å². The monoisotopic (exact) mass is 978 g/mol. The summed E-state index contributed by atoms with van der Waals surface area (Å²) in [5.74, 6) is -2.10. The molecule has 0 aliphatic carbocycles. The number of imide groups is 3. The van der Waals surface area contributed by atoms with Crippen LogP contribution in [-0.4, -0.2) is 35.4 Å². The molecule has 0 radical (unpaired) electrons. The van der Waals surface area contributed by atoms with Gasteiger partial charge in [-0.1, -0.05) is 68.1 Å². The molecule has 10 rings (SSSR count). The van der Waals surface area contributed by atoms with Crippen LogP contribution in [0.5, 0.6) is 34.5 Å². The lowest BCUT2D eigenvalue weighted by molar-refractivity contribution is -0.121. The van der Waals surface area contributed by atoms with E-state index in [4.69, 9.17) is 40.7 Å². The Hall–Kier alpha value is -8.55. The number of carbonyl (C=O) groups excluding carboxylic acids is 6. The van der Waals surface area contributed by atoms with Crippen molar-refractivity contribution >= 4 is 75.5 Å². The Morgan fingerprint density at radius 1 is 0.261 bits per heavy atom. The van der Waals surface area contributed by atoms with E-state index in [2.05, 4.69) is 0 Å². The van der Waals surface area contributed by atoms with Gasteiger partial charge in [0.25, 0.3) is 35.4 Å². The van der Waals surface area contributed by atoms with Crippen molar-refractivity contribution in [3.63, 3.8) is 0 Å². The molecule has 6 amide bonds. The van der Waals surface area contributed by atoms with Gasteiger partial charge in [0.1, 0.15) is 34.5 Å². The predicted molar refractivity (Wildman–Crippen MR) is 255 cm³/mol. The van der Waals surface area contributed by atoms with Gasteiger partial charge in [-0.15, -0.1) is 0 Å². The van der Waals surface area contributed by atoms with Crippen molar-refractivity contribution in [2.45, 2.75) is 0 Å². The molecule has 0 bridgehead atoms. The van der Waals surface area contributed by atoms with Crippen LogP contribution in [0.3, 0.4) is 0 Å². The maximum absolute atomic E-state index is 12.6. The molecule has 69 heavy (non-hydrogen) atoms. The largest absolute Gasteiger partial charge is 0.460 e. The Morgan fingerprint density at radius 2 is 0.449 bits per heavy atom. The molecule has 6 aromatic carbocycles. The molecule has 0 aromatic heterocycles. The minimum absolute atomic E-state index is 0.107. The van der Waals surface area contributed by atoms with Crippen molar-refractivity contribution in [2.75, 3.05) is 14.7 Å². The summed E-state index contributed by atoms with van der Waals surface area (Å²) in [5.41, 5.74) is 0.776. The quantitative estimate of drug-likeness (QED) is 0.0696. The van der Waals surface area contributed by atoms with Crippen LogP contribution >= 0.6 is 23.0 Å². The van der Waals surface area contributed by atoms with E-state index in [1.807, 2.05) is 0 Å². The summed E-state index contributed by atoms with van der Waals surface area (Å²) in [4.78, 5) is 78.7. The molecule has 18 nitrogen and oxygen atoms in total. The summed E-state index contributed by atoms with van der Waals surface area (Å²) in [6.07, 6.45) is 7.02. The van der Waals surface area contributed by atoms with Crippen molar-refractivity contribution in [3.05, 3.63) is 200 Å². The van der Waals surface area contributed by atoms with Gasteiger partial charge in [0, 0.05) is 36.5 Å². The SMILES string of the molecule is O=C1C=CC(=O)N1c1ccc(OP2(Oc3ccccc3)=NP(Oc3ccccc3)(Oc3ccc(N4C(=O)C=CC4=O)cc3)=NP(Oc3ccccc3)(Oc3ccc(N4C(=O)C=CC4=O)cc3)=N2)cc1. The van der Waals surface area contributed by atoms with Crippen LogP contribution in [0.15, 0.2) is 214 Å². The Labute approximate surface area is 393 Å². The number of benzene rings is 6. The highest BCUT2D eigenvalue weighted by Crippen LogP contribution is 2.78. The molecule has 4 aliphatic heterocycles. The van der Waals surface area contributed by atoms with Crippen molar-refractivity contribution < 1.29 is 55.9 Å². The second-order valence-electron chi connectivity index (χ2n) is 14.7. The molecule has 0 fully saturated rings. The Balaban J connectivity index is 1.19. The predicted octanol–water partition coefficient (Wildman–Crippen LogP) is 10.6. The van der Waals surface area contributed by atoms with Gasteiger partial charge < -0.3 is 27.1 Å². The first kappa shape index (κ1) is 44.3. The van der Waals surface area contributed by atoms with Gasteiger partial charge in [0.2, 0.25) is 0 Å². The Kier molecular flexibility index (Phi) is 11.7. The average molecular weight is 979 g/mol. The van der Waals surface area contributed by atoms with Crippen LogP contribution < -0.4 is 41.8 Å².